The molecule has 1 rings (SSSR count). The number of para-hydroxylation sites is 1. The minimum Gasteiger partial charge on any atom is -0.396 e. The van der Waals surface area contributed by atoms with Gasteiger partial charge in [-0.3, -0.25) is 9.69 Å². The van der Waals surface area contributed by atoms with E-state index in [0.717, 1.165) is 23.2 Å². The van der Waals surface area contributed by atoms with Gasteiger partial charge >= 0.3 is 0 Å². The molecule has 1 amide bonds. The van der Waals surface area contributed by atoms with E-state index in [1.165, 1.54) is 4.90 Å². The molecule has 0 atom stereocenters. The highest BCUT2D eigenvalue weighted by atomic mass is 35.5. The Morgan fingerprint density at radius 2 is 2.16 bits per heavy atom. The highest BCUT2D eigenvalue weighted by molar-refractivity contribution is 6.29. The first-order valence-corrected chi connectivity index (χ1v) is 6.86. The van der Waals surface area contributed by atoms with E-state index in [1.54, 1.807) is 0 Å². The van der Waals surface area contributed by atoms with E-state index < -0.39 is 0 Å². The van der Waals surface area contributed by atoms with Crippen molar-refractivity contribution in [1.82, 2.24) is 0 Å². The van der Waals surface area contributed by atoms with Gasteiger partial charge in [0.25, 0.3) is 0 Å². The Kier molecular flexibility index (Phi) is 6.06. The second kappa shape index (κ2) is 7.31. The zero-order valence-corrected chi connectivity index (χ0v) is 12.2. The van der Waals surface area contributed by atoms with Crippen LogP contribution in [0.2, 0.25) is 0 Å². The highest BCUT2D eigenvalue weighted by Gasteiger charge is 2.21. The number of aryl methyl sites for hydroxylation is 2. The van der Waals surface area contributed by atoms with Gasteiger partial charge in [-0.25, -0.2) is 0 Å². The van der Waals surface area contributed by atoms with E-state index in [9.17, 15) is 4.79 Å². The molecule has 4 heteroatoms. The first-order chi connectivity index (χ1) is 9.06. The van der Waals surface area contributed by atoms with Gasteiger partial charge < -0.3 is 5.11 Å². The molecule has 1 aromatic rings. The van der Waals surface area contributed by atoms with Crippen LogP contribution in [0.4, 0.5) is 5.69 Å². The van der Waals surface area contributed by atoms with Crippen molar-refractivity contribution in [1.29, 1.82) is 0 Å². The normalized spacial score (nSPS) is 10.3. The van der Waals surface area contributed by atoms with E-state index in [2.05, 4.69) is 6.58 Å². The van der Waals surface area contributed by atoms with E-state index in [4.69, 9.17) is 16.7 Å². The van der Waals surface area contributed by atoms with Crippen molar-refractivity contribution in [3.8, 4) is 0 Å². The van der Waals surface area contributed by atoms with Gasteiger partial charge in [0.1, 0.15) is 5.88 Å². The largest absolute Gasteiger partial charge is 0.396 e. The van der Waals surface area contributed by atoms with Crippen molar-refractivity contribution in [2.75, 3.05) is 17.4 Å². The quantitative estimate of drug-likeness (QED) is 0.814. The number of benzene rings is 1. The van der Waals surface area contributed by atoms with Gasteiger partial charge in [0, 0.05) is 18.7 Å². The Hall–Kier alpha value is -1.32. The van der Waals surface area contributed by atoms with Crippen LogP contribution in [-0.2, 0) is 11.2 Å². The van der Waals surface area contributed by atoms with Crippen LogP contribution in [0.15, 0.2) is 30.5 Å². The highest BCUT2D eigenvalue weighted by Crippen LogP contribution is 2.29. The van der Waals surface area contributed by atoms with Crippen LogP contribution in [0.3, 0.4) is 0 Å². The molecule has 0 spiro atoms. The molecule has 0 aliphatic rings. The lowest BCUT2D eigenvalue weighted by Gasteiger charge is -2.27. The minimum absolute atomic E-state index is 0.0434. The summed E-state index contributed by atoms with van der Waals surface area (Å²) in [5.74, 6) is -0.328. The fourth-order valence-corrected chi connectivity index (χ4v) is 2.20. The fraction of sp³-hybridized carbons (Fsp3) is 0.400. The van der Waals surface area contributed by atoms with Crippen LogP contribution in [0.25, 0.3) is 0 Å². The molecule has 0 heterocycles. The maximum atomic E-state index is 12.1. The first-order valence-electron chi connectivity index (χ1n) is 6.32. The molecule has 0 aliphatic carbocycles. The Bertz CT molecular complexity index is 471. The number of hydrogen-bond acceptors (Lipinski definition) is 2. The molecule has 0 saturated carbocycles. The van der Waals surface area contributed by atoms with Gasteiger partial charge in [-0.1, -0.05) is 31.7 Å². The Balaban J connectivity index is 3.32. The summed E-state index contributed by atoms with van der Waals surface area (Å²) in [6.45, 7) is 7.84. The molecule has 1 N–H and O–H groups in total. The third kappa shape index (κ3) is 3.58. The molecular formula is C15H20ClNO2. The molecule has 0 aliphatic heterocycles. The SMILES string of the molecule is C=C(CCO)N(C(=O)CCl)c1c(C)cccc1CC. The fourth-order valence-electron chi connectivity index (χ4n) is 2.08. The summed E-state index contributed by atoms with van der Waals surface area (Å²) >= 11 is 5.69. The number of aliphatic hydroxyl groups is 1. The van der Waals surface area contributed by atoms with Crippen LogP contribution in [0.1, 0.15) is 24.5 Å². The van der Waals surface area contributed by atoms with Crippen molar-refractivity contribution >= 4 is 23.2 Å². The molecule has 0 bridgehead atoms. The predicted molar refractivity (Wildman–Crippen MR) is 79.6 cm³/mol. The number of anilines is 1. The number of aliphatic hydroxyl groups excluding tert-OH is 1. The van der Waals surface area contributed by atoms with E-state index in [0.29, 0.717) is 12.1 Å². The summed E-state index contributed by atoms with van der Waals surface area (Å²) in [6, 6.07) is 5.91. The zero-order valence-electron chi connectivity index (χ0n) is 11.4. The van der Waals surface area contributed by atoms with E-state index in [-0.39, 0.29) is 18.4 Å². The molecule has 0 saturated heterocycles. The van der Waals surface area contributed by atoms with Crippen molar-refractivity contribution < 1.29 is 9.90 Å². The Labute approximate surface area is 119 Å². The molecule has 104 valence electrons. The monoisotopic (exact) mass is 281 g/mol. The average molecular weight is 282 g/mol. The number of carbonyl (C=O) groups excluding carboxylic acids is 1. The van der Waals surface area contributed by atoms with E-state index >= 15 is 0 Å². The van der Waals surface area contributed by atoms with Gasteiger partial charge in [0.05, 0.1) is 5.69 Å². The van der Waals surface area contributed by atoms with Crippen LogP contribution in [0, 0.1) is 6.92 Å². The number of nitrogens with zero attached hydrogens (tertiary/aromatic N) is 1. The van der Waals surface area contributed by atoms with Gasteiger partial charge in [0.2, 0.25) is 5.91 Å². The topological polar surface area (TPSA) is 40.5 Å². The lowest BCUT2D eigenvalue weighted by molar-refractivity contribution is -0.115. The van der Waals surface area contributed by atoms with Gasteiger partial charge in [-0.05, 0) is 24.5 Å². The molecule has 3 nitrogen and oxygen atoms in total. The second-order valence-corrected chi connectivity index (χ2v) is 4.61. The number of carbonyl (C=O) groups is 1. The van der Waals surface area contributed by atoms with Crippen LogP contribution >= 0.6 is 11.6 Å². The van der Waals surface area contributed by atoms with Crippen molar-refractivity contribution in [3.63, 3.8) is 0 Å². The maximum absolute atomic E-state index is 12.1. The van der Waals surface area contributed by atoms with Gasteiger partial charge in [-0.15, -0.1) is 11.6 Å². The van der Waals surface area contributed by atoms with Crippen LogP contribution < -0.4 is 4.90 Å². The number of alkyl halides is 1. The molecule has 0 aromatic heterocycles. The summed E-state index contributed by atoms with van der Waals surface area (Å²) in [5, 5.41) is 9.05. The van der Waals surface area contributed by atoms with Gasteiger partial charge in [0.15, 0.2) is 0 Å². The maximum Gasteiger partial charge on any atom is 0.246 e. The number of hydrogen-bond donors (Lipinski definition) is 1. The molecule has 19 heavy (non-hydrogen) atoms. The molecular weight excluding hydrogens is 262 g/mol. The first kappa shape index (κ1) is 15.7. The number of amides is 1. The van der Waals surface area contributed by atoms with Crippen molar-refractivity contribution in [2.45, 2.75) is 26.7 Å². The summed E-state index contributed by atoms with van der Waals surface area (Å²) < 4.78 is 0. The number of rotatable bonds is 6. The van der Waals surface area contributed by atoms with Crippen LogP contribution in [-0.4, -0.2) is 23.5 Å². The van der Waals surface area contributed by atoms with E-state index in [1.807, 2.05) is 32.0 Å². The smallest absolute Gasteiger partial charge is 0.246 e. The lowest BCUT2D eigenvalue weighted by Crippen LogP contribution is -2.32. The molecule has 0 unspecified atom stereocenters. The molecule has 1 aromatic carbocycles. The molecule has 0 fully saturated rings. The Morgan fingerprint density at radius 1 is 1.47 bits per heavy atom. The van der Waals surface area contributed by atoms with Crippen LogP contribution in [0.5, 0.6) is 0 Å². The third-order valence-corrected chi connectivity index (χ3v) is 3.23. The summed E-state index contributed by atoms with van der Waals surface area (Å²) in [7, 11) is 0. The Morgan fingerprint density at radius 3 is 2.68 bits per heavy atom. The molecule has 0 radical (unpaired) electrons. The number of halogens is 1. The predicted octanol–water partition coefficient (Wildman–Crippen LogP) is 3.03. The summed E-state index contributed by atoms with van der Waals surface area (Å²) in [6.07, 6.45) is 1.16. The van der Waals surface area contributed by atoms with Crippen molar-refractivity contribution in [3.05, 3.63) is 41.6 Å². The lowest BCUT2D eigenvalue weighted by atomic mass is 10.0. The standard InChI is InChI=1S/C15H20ClNO2/c1-4-13-7-5-6-11(2)15(13)17(14(19)10-16)12(3)8-9-18/h5-7,18H,3-4,8-10H2,1-2H3. The summed E-state index contributed by atoms with van der Waals surface area (Å²) in [4.78, 5) is 13.6. The zero-order chi connectivity index (χ0) is 14.4. The van der Waals surface area contributed by atoms with Crippen molar-refractivity contribution in [2.24, 2.45) is 0 Å². The second-order valence-electron chi connectivity index (χ2n) is 4.34. The summed E-state index contributed by atoms with van der Waals surface area (Å²) in [5.41, 5.74) is 3.47. The third-order valence-electron chi connectivity index (χ3n) is 3.01. The minimum atomic E-state index is -0.218. The van der Waals surface area contributed by atoms with Gasteiger partial charge in [-0.2, -0.15) is 0 Å². The average Bonchev–Trinajstić information content (AvgIpc) is 2.40.